The van der Waals surface area contributed by atoms with Crippen LogP contribution in [0.5, 0.6) is 5.75 Å². The molecule has 0 aromatic heterocycles. The number of carbonyl (C=O) groups is 1. The molecule has 29 heavy (non-hydrogen) atoms. The molecule has 8 heteroatoms. The van der Waals surface area contributed by atoms with Crippen molar-refractivity contribution in [1.82, 2.24) is 0 Å². The van der Waals surface area contributed by atoms with Crippen molar-refractivity contribution in [1.29, 1.82) is 0 Å². The molecule has 0 spiro atoms. The standard InChI is InChI=1S/C21H19FN2O4S/c1-15(28-19-11-7-16(22)8-12-19)21(25)23-17-9-13-20(14-10-17)29(26,27)24-18-5-3-2-4-6-18/h2-15,24H,1H3,(H,23,25). The van der Waals surface area contributed by atoms with Gasteiger partial charge in [0.25, 0.3) is 15.9 Å². The Balaban J connectivity index is 1.62. The summed E-state index contributed by atoms with van der Waals surface area (Å²) >= 11 is 0. The predicted octanol–water partition coefficient (Wildman–Crippen LogP) is 4.03. The molecular formula is C21H19FN2O4S. The van der Waals surface area contributed by atoms with Gasteiger partial charge in [0.1, 0.15) is 11.6 Å². The number of hydrogen-bond acceptors (Lipinski definition) is 4. The lowest BCUT2D eigenvalue weighted by Crippen LogP contribution is -2.30. The molecule has 0 bridgehead atoms. The maximum atomic E-state index is 12.9. The van der Waals surface area contributed by atoms with E-state index in [0.717, 1.165) is 0 Å². The number of nitrogens with one attached hydrogen (secondary N) is 2. The smallest absolute Gasteiger partial charge is 0.265 e. The number of halogens is 1. The summed E-state index contributed by atoms with van der Waals surface area (Å²) in [5, 5.41) is 2.65. The fraction of sp³-hybridized carbons (Fsp3) is 0.0952. The summed E-state index contributed by atoms with van der Waals surface area (Å²) < 4.78 is 45.7. The number of carbonyl (C=O) groups excluding carboxylic acids is 1. The molecule has 6 nitrogen and oxygen atoms in total. The first-order valence-electron chi connectivity index (χ1n) is 8.74. The first-order chi connectivity index (χ1) is 13.8. The maximum Gasteiger partial charge on any atom is 0.265 e. The number of amides is 1. The van der Waals surface area contributed by atoms with Gasteiger partial charge in [-0.3, -0.25) is 9.52 Å². The topological polar surface area (TPSA) is 84.5 Å². The van der Waals surface area contributed by atoms with E-state index in [4.69, 9.17) is 4.74 Å². The first-order valence-corrected chi connectivity index (χ1v) is 10.2. The quantitative estimate of drug-likeness (QED) is 0.611. The van der Waals surface area contributed by atoms with Gasteiger partial charge in [0.05, 0.1) is 4.90 Å². The van der Waals surface area contributed by atoms with E-state index in [1.54, 1.807) is 37.3 Å². The number of ether oxygens (including phenoxy) is 1. The monoisotopic (exact) mass is 414 g/mol. The summed E-state index contributed by atoms with van der Waals surface area (Å²) in [7, 11) is -3.74. The minimum Gasteiger partial charge on any atom is -0.481 e. The zero-order chi connectivity index (χ0) is 20.9. The van der Waals surface area contributed by atoms with E-state index >= 15 is 0 Å². The summed E-state index contributed by atoms with van der Waals surface area (Å²) in [6, 6.07) is 19.6. The van der Waals surface area contributed by atoms with Crippen molar-refractivity contribution >= 4 is 27.3 Å². The van der Waals surface area contributed by atoms with Crippen LogP contribution < -0.4 is 14.8 Å². The van der Waals surface area contributed by atoms with E-state index in [-0.39, 0.29) is 4.90 Å². The molecule has 3 aromatic rings. The Morgan fingerprint density at radius 3 is 2.14 bits per heavy atom. The van der Waals surface area contributed by atoms with Crippen molar-refractivity contribution in [2.75, 3.05) is 10.0 Å². The van der Waals surface area contributed by atoms with Gasteiger partial charge < -0.3 is 10.1 Å². The Labute approximate surface area is 168 Å². The Hall–Kier alpha value is -3.39. The molecule has 3 aromatic carbocycles. The molecule has 0 aliphatic carbocycles. The summed E-state index contributed by atoms with van der Waals surface area (Å²) in [5.41, 5.74) is 0.875. The molecule has 0 saturated carbocycles. The summed E-state index contributed by atoms with van der Waals surface area (Å²) in [5.74, 6) is -0.457. The van der Waals surface area contributed by atoms with Crippen molar-refractivity contribution in [3.8, 4) is 5.75 Å². The second-order valence-corrected chi connectivity index (χ2v) is 7.88. The molecule has 0 saturated heterocycles. The highest BCUT2D eigenvalue weighted by Crippen LogP contribution is 2.19. The highest BCUT2D eigenvalue weighted by molar-refractivity contribution is 7.92. The molecule has 0 aliphatic heterocycles. The van der Waals surface area contributed by atoms with Crippen LogP contribution in [0.1, 0.15) is 6.92 Å². The van der Waals surface area contributed by atoms with Crippen LogP contribution in [0.2, 0.25) is 0 Å². The number of benzene rings is 3. The van der Waals surface area contributed by atoms with Gasteiger partial charge in [-0.15, -0.1) is 0 Å². The number of para-hydroxylation sites is 1. The van der Waals surface area contributed by atoms with Gasteiger partial charge in [0.15, 0.2) is 6.10 Å². The van der Waals surface area contributed by atoms with E-state index in [1.165, 1.54) is 48.5 Å². The highest BCUT2D eigenvalue weighted by Gasteiger charge is 2.17. The van der Waals surface area contributed by atoms with Crippen LogP contribution >= 0.6 is 0 Å². The third-order valence-corrected chi connectivity index (χ3v) is 5.35. The van der Waals surface area contributed by atoms with Gasteiger partial charge in [-0.1, -0.05) is 18.2 Å². The minimum absolute atomic E-state index is 0.0648. The van der Waals surface area contributed by atoms with Crippen molar-refractivity contribution in [3.05, 3.63) is 84.7 Å². The molecule has 0 heterocycles. The maximum absolute atomic E-state index is 12.9. The lowest BCUT2D eigenvalue weighted by atomic mass is 10.3. The molecule has 0 aliphatic rings. The fourth-order valence-electron chi connectivity index (χ4n) is 2.45. The molecule has 0 radical (unpaired) electrons. The van der Waals surface area contributed by atoms with Crippen LogP contribution in [0.25, 0.3) is 0 Å². The van der Waals surface area contributed by atoms with Gasteiger partial charge in [0, 0.05) is 11.4 Å². The van der Waals surface area contributed by atoms with Crippen molar-refractivity contribution in [2.24, 2.45) is 0 Å². The minimum atomic E-state index is -3.74. The van der Waals surface area contributed by atoms with Crippen LogP contribution in [0, 0.1) is 5.82 Å². The molecule has 3 rings (SSSR count). The van der Waals surface area contributed by atoms with E-state index < -0.39 is 27.9 Å². The van der Waals surface area contributed by atoms with E-state index in [2.05, 4.69) is 10.0 Å². The third kappa shape index (κ3) is 5.55. The Morgan fingerprint density at radius 2 is 1.52 bits per heavy atom. The zero-order valence-electron chi connectivity index (χ0n) is 15.5. The second-order valence-electron chi connectivity index (χ2n) is 6.20. The molecule has 2 N–H and O–H groups in total. The van der Waals surface area contributed by atoms with Gasteiger partial charge in [-0.2, -0.15) is 0 Å². The van der Waals surface area contributed by atoms with E-state index in [1.807, 2.05) is 0 Å². The second kappa shape index (κ2) is 8.74. The Bertz CT molecular complexity index is 1070. The summed E-state index contributed by atoms with van der Waals surface area (Å²) in [6.07, 6.45) is -0.830. The summed E-state index contributed by atoms with van der Waals surface area (Å²) in [6.45, 7) is 1.56. The SMILES string of the molecule is CC(Oc1ccc(F)cc1)C(=O)Nc1ccc(S(=O)(=O)Nc2ccccc2)cc1. The Kier molecular flexibility index (Phi) is 6.13. The lowest BCUT2D eigenvalue weighted by Gasteiger charge is -2.15. The van der Waals surface area contributed by atoms with Crippen LogP contribution in [0.15, 0.2) is 83.8 Å². The normalized spacial score (nSPS) is 12.1. The molecule has 1 atom stereocenters. The van der Waals surface area contributed by atoms with Crippen molar-refractivity contribution in [2.45, 2.75) is 17.9 Å². The lowest BCUT2D eigenvalue weighted by molar-refractivity contribution is -0.122. The molecule has 1 unspecified atom stereocenters. The van der Waals surface area contributed by atoms with Gasteiger partial charge >= 0.3 is 0 Å². The average Bonchev–Trinajstić information content (AvgIpc) is 2.70. The molecule has 0 fully saturated rings. The van der Waals surface area contributed by atoms with E-state index in [9.17, 15) is 17.6 Å². The molecule has 1 amide bonds. The highest BCUT2D eigenvalue weighted by atomic mass is 32.2. The van der Waals surface area contributed by atoms with Crippen LogP contribution in [0.4, 0.5) is 15.8 Å². The first kappa shape index (κ1) is 20.3. The number of sulfonamides is 1. The zero-order valence-corrected chi connectivity index (χ0v) is 16.3. The molecule has 150 valence electrons. The van der Waals surface area contributed by atoms with Gasteiger partial charge in [-0.05, 0) is 67.6 Å². The Morgan fingerprint density at radius 1 is 0.897 bits per heavy atom. The fourth-order valence-corrected chi connectivity index (χ4v) is 3.51. The molecular weight excluding hydrogens is 395 g/mol. The average molecular weight is 414 g/mol. The predicted molar refractivity (Wildman–Crippen MR) is 109 cm³/mol. The van der Waals surface area contributed by atoms with Crippen molar-refractivity contribution in [3.63, 3.8) is 0 Å². The van der Waals surface area contributed by atoms with Crippen LogP contribution in [0.3, 0.4) is 0 Å². The van der Waals surface area contributed by atoms with E-state index in [0.29, 0.717) is 17.1 Å². The van der Waals surface area contributed by atoms with Gasteiger partial charge in [-0.25, -0.2) is 12.8 Å². The number of rotatable bonds is 7. The summed E-state index contributed by atoms with van der Waals surface area (Å²) in [4.78, 5) is 12.3. The number of hydrogen-bond donors (Lipinski definition) is 2. The van der Waals surface area contributed by atoms with Crippen molar-refractivity contribution < 1.29 is 22.3 Å². The largest absolute Gasteiger partial charge is 0.481 e. The van der Waals surface area contributed by atoms with Crippen LogP contribution in [-0.4, -0.2) is 20.4 Å². The van der Waals surface area contributed by atoms with Gasteiger partial charge in [0.2, 0.25) is 0 Å². The number of anilines is 2. The third-order valence-electron chi connectivity index (χ3n) is 3.95. The van der Waals surface area contributed by atoms with Crippen LogP contribution in [-0.2, 0) is 14.8 Å².